The van der Waals surface area contributed by atoms with Gasteiger partial charge in [0.25, 0.3) is 11.6 Å². The SMILES string of the molecule is COC1(C(=O)NCc2ccccc2[N+](=O)[O-])CCNCC1. The van der Waals surface area contributed by atoms with Gasteiger partial charge in [-0.15, -0.1) is 0 Å². The van der Waals surface area contributed by atoms with E-state index in [-0.39, 0.29) is 18.1 Å². The molecule has 7 nitrogen and oxygen atoms in total. The Kier molecular flexibility index (Phi) is 4.87. The van der Waals surface area contributed by atoms with Crippen molar-refractivity contribution >= 4 is 11.6 Å². The van der Waals surface area contributed by atoms with Gasteiger partial charge in [0.1, 0.15) is 5.60 Å². The Morgan fingerprint density at radius 2 is 2.10 bits per heavy atom. The maximum atomic E-state index is 12.4. The lowest BCUT2D eigenvalue weighted by molar-refractivity contribution is -0.385. The molecule has 1 fully saturated rings. The van der Waals surface area contributed by atoms with Gasteiger partial charge in [-0.05, 0) is 25.9 Å². The van der Waals surface area contributed by atoms with E-state index in [1.54, 1.807) is 18.2 Å². The summed E-state index contributed by atoms with van der Waals surface area (Å²) in [6.45, 7) is 1.55. The molecule has 1 aromatic carbocycles. The number of nitro groups is 1. The van der Waals surface area contributed by atoms with Crippen LogP contribution in [0.4, 0.5) is 5.69 Å². The molecule has 0 unspecified atom stereocenters. The predicted octanol–water partition coefficient (Wildman–Crippen LogP) is 0.980. The molecule has 0 radical (unpaired) electrons. The summed E-state index contributed by atoms with van der Waals surface area (Å²) in [5.41, 5.74) is -0.347. The van der Waals surface area contributed by atoms with E-state index in [0.29, 0.717) is 31.5 Å². The molecule has 0 aliphatic carbocycles. The van der Waals surface area contributed by atoms with Crippen LogP contribution < -0.4 is 10.6 Å². The number of carbonyl (C=O) groups excluding carboxylic acids is 1. The molecular weight excluding hydrogens is 274 g/mol. The Morgan fingerprint density at radius 1 is 1.43 bits per heavy atom. The molecule has 0 aromatic heterocycles. The van der Waals surface area contributed by atoms with Gasteiger partial charge in [0.15, 0.2) is 0 Å². The van der Waals surface area contributed by atoms with E-state index < -0.39 is 10.5 Å². The van der Waals surface area contributed by atoms with Crippen molar-refractivity contribution in [2.24, 2.45) is 0 Å². The van der Waals surface area contributed by atoms with E-state index >= 15 is 0 Å². The first-order chi connectivity index (χ1) is 10.1. The second-order valence-corrected chi connectivity index (χ2v) is 5.02. The van der Waals surface area contributed by atoms with Gasteiger partial charge in [0.05, 0.1) is 4.92 Å². The summed E-state index contributed by atoms with van der Waals surface area (Å²) in [6, 6.07) is 6.39. The van der Waals surface area contributed by atoms with Gasteiger partial charge >= 0.3 is 0 Å². The van der Waals surface area contributed by atoms with Crippen LogP contribution in [0.2, 0.25) is 0 Å². The Labute approximate surface area is 122 Å². The lowest BCUT2D eigenvalue weighted by atomic mass is 9.91. The third-order valence-corrected chi connectivity index (χ3v) is 3.84. The standard InChI is InChI=1S/C14H19N3O4/c1-21-14(6-8-15-9-7-14)13(18)16-10-11-4-2-3-5-12(11)17(19)20/h2-5,15H,6-10H2,1H3,(H,16,18). The average Bonchev–Trinajstić information content (AvgIpc) is 2.53. The van der Waals surface area contributed by atoms with E-state index in [2.05, 4.69) is 10.6 Å². The number of nitrogens with one attached hydrogen (secondary N) is 2. The summed E-state index contributed by atoms with van der Waals surface area (Å²) in [7, 11) is 1.52. The normalized spacial score (nSPS) is 17.2. The Bertz CT molecular complexity index is 527. The van der Waals surface area contributed by atoms with Gasteiger partial charge in [-0.1, -0.05) is 18.2 Å². The molecule has 1 amide bonds. The van der Waals surface area contributed by atoms with Crippen LogP contribution in [0.5, 0.6) is 0 Å². The lowest BCUT2D eigenvalue weighted by Gasteiger charge is -2.34. The van der Waals surface area contributed by atoms with Gasteiger partial charge in [-0.3, -0.25) is 14.9 Å². The topological polar surface area (TPSA) is 93.5 Å². The second kappa shape index (κ2) is 6.64. The van der Waals surface area contributed by atoms with Crippen LogP contribution in [0, 0.1) is 10.1 Å². The predicted molar refractivity (Wildman–Crippen MR) is 76.8 cm³/mol. The van der Waals surface area contributed by atoms with E-state index in [1.807, 2.05) is 0 Å². The first kappa shape index (κ1) is 15.4. The minimum absolute atomic E-state index is 0.00887. The van der Waals surface area contributed by atoms with Crippen molar-refractivity contribution in [2.45, 2.75) is 25.0 Å². The molecule has 1 saturated heterocycles. The highest BCUT2D eigenvalue weighted by atomic mass is 16.6. The number of hydrogen-bond acceptors (Lipinski definition) is 5. The van der Waals surface area contributed by atoms with Crippen molar-refractivity contribution in [3.63, 3.8) is 0 Å². The number of nitrogens with zero attached hydrogens (tertiary/aromatic N) is 1. The molecule has 2 rings (SSSR count). The van der Waals surface area contributed by atoms with Crippen LogP contribution in [0.15, 0.2) is 24.3 Å². The van der Waals surface area contributed by atoms with Gasteiger partial charge in [-0.2, -0.15) is 0 Å². The molecule has 114 valence electrons. The van der Waals surface area contributed by atoms with Gasteiger partial charge in [0, 0.05) is 25.3 Å². The quantitative estimate of drug-likeness (QED) is 0.623. The number of nitro benzene ring substituents is 1. The first-order valence-corrected chi connectivity index (χ1v) is 6.85. The summed E-state index contributed by atoms with van der Waals surface area (Å²) >= 11 is 0. The first-order valence-electron chi connectivity index (χ1n) is 6.85. The highest BCUT2D eigenvalue weighted by molar-refractivity contribution is 5.85. The molecule has 0 atom stereocenters. The van der Waals surface area contributed by atoms with Crippen LogP contribution in [0.3, 0.4) is 0 Å². The maximum Gasteiger partial charge on any atom is 0.274 e. The summed E-state index contributed by atoms with van der Waals surface area (Å²) in [5, 5.41) is 16.9. The number of para-hydroxylation sites is 1. The fraction of sp³-hybridized carbons (Fsp3) is 0.500. The summed E-state index contributed by atoms with van der Waals surface area (Å²) < 4.78 is 5.42. The van der Waals surface area contributed by atoms with E-state index in [9.17, 15) is 14.9 Å². The average molecular weight is 293 g/mol. The number of amides is 1. The fourth-order valence-electron chi connectivity index (χ4n) is 2.53. The van der Waals surface area contributed by atoms with Crippen LogP contribution in [-0.2, 0) is 16.1 Å². The van der Waals surface area contributed by atoms with Gasteiger partial charge in [0.2, 0.25) is 0 Å². The summed E-state index contributed by atoms with van der Waals surface area (Å²) in [4.78, 5) is 22.9. The van der Waals surface area contributed by atoms with Crippen LogP contribution >= 0.6 is 0 Å². The number of rotatable bonds is 5. The van der Waals surface area contributed by atoms with E-state index in [4.69, 9.17) is 4.74 Å². The number of hydrogen-bond donors (Lipinski definition) is 2. The molecule has 0 saturated carbocycles. The minimum Gasteiger partial charge on any atom is -0.368 e. The van der Waals surface area contributed by atoms with Gasteiger partial charge < -0.3 is 15.4 Å². The smallest absolute Gasteiger partial charge is 0.274 e. The molecule has 2 N–H and O–H groups in total. The van der Waals surface area contributed by atoms with Crippen molar-refractivity contribution < 1.29 is 14.5 Å². The Balaban J connectivity index is 2.05. The molecule has 1 aliphatic heterocycles. The minimum atomic E-state index is -0.838. The second-order valence-electron chi connectivity index (χ2n) is 5.02. The third kappa shape index (κ3) is 3.37. The number of methoxy groups -OCH3 is 1. The molecule has 21 heavy (non-hydrogen) atoms. The monoisotopic (exact) mass is 293 g/mol. The number of piperidine rings is 1. The zero-order valence-corrected chi connectivity index (χ0v) is 11.9. The third-order valence-electron chi connectivity index (χ3n) is 3.84. The molecule has 1 heterocycles. The van der Waals surface area contributed by atoms with Crippen LogP contribution in [0.25, 0.3) is 0 Å². The highest BCUT2D eigenvalue weighted by Gasteiger charge is 2.39. The number of carbonyl (C=O) groups is 1. The maximum absolute atomic E-state index is 12.4. The van der Waals surface area contributed by atoms with Crippen molar-refractivity contribution in [3.05, 3.63) is 39.9 Å². The largest absolute Gasteiger partial charge is 0.368 e. The van der Waals surface area contributed by atoms with Gasteiger partial charge in [-0.25, -0.2) is 0 Å². The molecule has 7 heteroatoms. The zero-order valence-electron chi connectivity index (χ0n) is 11.9. The summed E-state index contributed by atoms with van der Waals surface area (Å²) in [5.74, 6) is -0.218. The van der Waals surface area contributed by atoms with Crippen molar-refractivity contribution in [1.82, 2.24) is 10.6 Å². The summed E-state index contributed by atoms with van der Waals surface area (Å²) in [6.07, 6.45) is 1.18. The zero-order chi connectivity index (χ0) is 15.3. The molecule has 1 aliphatic rings. The highest BCUT2D eigenvalue weighted by Crippen LogP contribution is 2.23. The van der Waals surface area contributed by atoms with E-state index in [0.717, 1.165) is 0 Å². The molecule has 0 bridgehead atoms. The van der Waals surface area contributed by atoms with Crippen molar-refractivity contribution in [2.75, 3.05) is 20.2 Å². The number of ether oxygens (including phenoxy) is 1. The molecular formula is C14H19N3O4. The lowest BCUT2D eigenvalue weighted by Crippen LogP contribution is -2.53. The Hall–Kier alpha value is -1.99. The van der Waals surface area contributed by atoms with Crippen LogP contribution in [0.1, 0.15) is 18.4 Å². The van der Waals surface area contributed by atoms with Crippen molar-refractivity contribution in [3.8, 4) is 0 Å². The van der Waals surface area contributed by atoms with E-state index in [1.165, 1.54) is 13.2 Å². The molecule has 0 spiro atoms. The van der Waals surface area contributed by atoms with Crippen LogP contribution in [-0.4, -0.2) is 36.6 Å². The van der Waals surface area contributed by atoms with Crippen molar-refractivity contribution in [1.29, 1.82) is 0 Å². The molecule has 1 aromatic rings. The fourth-order valence-corrected chi connectivity index (χ4v) is 2.53. The number of benzene rings is 1. The Morgan fingerprint density at radius 3 is 2.71 bits per heavy atom.